The molecule has 5 nitrogen and oxygen atoms in total. The highest BCUT2D eigenvalue weighted by Gasteiger charge is 2.21. The first-order chi connectivity index (χ1) is 9.56. The molecule has 0 amide bonds. The Hall–Kier alpha value is -1.27. The van der Waals surface area contributed by atoms with Gasteiger partial charge >= 0.3 is 0 Å². The molecule has 1 aromatic heterocycles. The molecule has 0 aliphatic rings. The summed E-state index contributed by atoms with van der Waals surface area (Å²) in [6, 6.07) is 5.23. The molecule has 20 heavy (non-hydrogen) atoms. The van der Waals surface area contributed by atoms with E-state index in [2.05, 4.69) is 10.5 Å². The number of hydrogen-bond acceptors (Lipinski definition) is 4. The number of hydrogen-bond donors (Lipinski definition) is 2. The fourth-order valence-electron chi connectivity index (χ4n) is 2.12. The molecule has 0 saturated heterocycles. The average molecular weight is 315 g/mol. The number of aromatic nitrogens is 2. The van der Waals surface area contributed by atoms with Crippen LogP contribution in [-0.4, -0.2) is 16.9 Å². The highest BCUT2D eigenvalue weighted by Crippen LogP contribution is 2.29. The maximum Gasteiger partial charge on any atom is 0.161 e. The van der Waals surface area contributed by atoms with Crippen LogP contribution in [0.25, 0.3) is 0 Å². The first-order valence-electron chi connectivity index (χ1n) is 6.02. The van der Waals surface area contributed by atoms with Crippen LogP contribution in [0.4, 0.5) is 0 Å². The molecule has 0 bridgehead atoms. The molecule has 1 unspecified atom stereocenters. The van der Waals surface area contributed by atoms with Gasteiger partial charge in [-0.25, -0.2) is 0 Å². The minimum Gasteiger partial charge on any atom is -0.493 e. The Kier molecular flexibility index (Phi) is 4.88. The molecule has 7 heteroatoms. The lowest BCUT2D eigenvalue weighted by Gasteiger charge is -2.18. The van der Waals surface area contributed by atoms with Gasteiger partial charge in [-0.05, 0) is 24.1 Å². The van der Waals surface area contributed by atoms with Crippen molar-refractivity contribution in [1.29, 1.82) is 0 Å². The first kappa shape index (κ1) is 15.1. The van der Waals surface area contributed by atoms with E-state index < -0.39 is 0 Å². The second-order valence-corrected chi connectivity index (χ2v) is 5.22. The number of benzene rings is 1. The van der Waals surface area contributed by atoms with Gasteiger partial charge in [-0.2, -0.15) is 5.10 Å². The summed E-state index contributed by atoms with van der Waals surface area (Å²) in [5.41, 5.74) is 4.59. The number of nitrogens with one attached hydrogen (secondary N) is 1. The molecule has 3 N–H and O–H groups in total. The molecule has 1 aromatic carbocycles. The van der Waals surface area contributed by atoms with Gasteiger partial charge in [0.1, 0.15) is 0 Å². The summed E-state index contributed by atoms with van der Waals surface area (Å²) in [5, 5.41) is 5.39. The van der Waals surface area contributed by atoms with Crippen LogP contribution in [0.2, 0.25) is 10.0 Å². The number of ether oxygens (including phenoxy) is 1. The standard InChI is InChI=1S/C13H16Cl2N4O/c1-19-13(12(20-2)7-17-19)11(18-16)5-8-3-4-9(14)6-10(8)15/h3-4,6-7,11,18H,5,16H2,1-2H3. The van der Waals surface area contributed by atoms with Gasteiger partial charge in [0.2, 0.25) is 0 Å². The van der Waals surface area contributed by atoms with E-state index in [0.717, 1.165) is 11.3 Å². The Labute approximate surface area is 127 Å². The van der Waals surface area contributed by atoms with Crippen molar-refractivity contribution >= 4 is 23.2 Å². The molecule has 0 aliphatic heterocycles. The van der Waals surface area contributed by atoms with E-state index in [-0.39, 0.29) is 6.04 Å². The van der Waals surface area contributed by atoms with Gasteiger partial charge in [-0.3, -0.25) is 16.0 Å². The lowest BCUT2D eigenvalue weighted by atomic mass is 10.0. The number of nitrogens with zero attached hydrogens (tertiary/aromatic N) is 2. The summed E-state index contributed by atoms with van der Waals surface area (Å²) in [6.07, 6.45) is 2.26. The van der Waals surface area contributed by atoms with Crippen molar-refractivity contribution < 1.29 is 4.74 Å². The van der Waals surface area contributed by atoms with Crippen molar-refractivity contribution in [2.45, 2.75) is 12.5 Å². The number of nitrogens with two attached hydrogens (primary N) is 1. The predicted octanol–water partition coefficient (Wildman–Crippen LogP) is 2.48. The number of methoxy groups -OCH3 is 1. The normalized spacial score (nSPS) is 12.4. The van der Waals surface area contributed by atoms with E-state index in [0.29, 0.717) is 22.2 Å². The van der Waals surface area contributed by atoms with Crippen molar-refractivity contribution in [3.05, 3.63) is 45.7 Å². The Morgan fingerprint density at radius 1 is 1.45 bits per heavy atom. The van der Waals surface area contributed by atoms with Crippen LogP contribution in [0, 0.1) is 0 Å². The van der Waals surface area contributed by atoms with Crippen molar-refractivity contribution in [3.63, 3.8) is 0 Å². The zero-order valence-electron chi connectivity index (χ0n) is 11.2. The Morgan fingerprint density at radius 3 is 2.80 bits per heavy atom. The zero-order chi connectivity index (χ0) is 14.7. The third-order valence-electron chi connectivity index (χ3n) is 3.14. The highest BCUT2D eigenvalue weighted by molar-refractivity contribution is 6.35. The molecule has 0 aliphatic carbocycles. The van der Waals surface area contributed by atoms with Gasteiger partial charge in [0, 0.05) is 17.1 Å². The summed E-state index contributed by atoms with van der Waals surface area (Å²) < 4.78 is 7.03. The molecule has 2 rings (SSSR count). The van der Waals surface area contributed by atoms with Crippen molar-refractivity contribution in [1.82, 2.24) is 15.2 Å². The fourth-order valence-corrected chi connectivity index (χ4v) is 2.61. The summed E-state index contributed by atoms with van der Waals surface area (Å²) in [4.78, 5) is 0. The van der Waals surface area contributed by atoms with Gasteiger partial charge in [-0.1, -0.05) is 29.3 Å². The van der Waals surface area contributed by atoms with Crippen LogP contribution in [0.3, 0.4) is 0 Å². The molecule has 1 heterocycles. The maximum absolute atomic E-state index is 6.20. The zero-order valence-corrected chi connectivity index (χ0v) is 12.7. The Balaban J connectivity index is 2.31. The van der Waals surface area contributed by atoms with Gasteiger partial charge in [0.25, 0.3) is 0 Å². The minimum atomic E-state index is -0.170. The van der Waals surface area contributed by atoms with Gasteiger partial charge in [0.15, 0.2) is 5.75 Å². The van der Waals surface area contributed by atoms with Crippen molar-refractivity contribution in [2.24, 2.45) is 12.9 Å². The first-order valence-corrected chi connectivity index (χ1v) is 6.78. The molecular formula is C13H16Cl2N4O. The monoisotopic (exact) mass is 314 g/mol. The molecule has 2 aromatic rings. The summed E-state index contributed by atoms with van der Waals surface area (Å²) >= 11 is 12.1. The molecular weight excluding hydrogens is 299 g/mol. The quantitative estimate of drug-likeness (QED) is 0.657. The highest BCUT2D eigenvalue weighted by atomic mass is 35.5. The van der Waals surface area contributed by atoms with E-state index >= 15 is 0 Å². The third kappa shape index (κ3) is 3.07. The van der Waals surface area contributed by atoms with Gasteiger partial charge in [0.05, 0.1) is 25.0 Å². The largest absolute Gasteiger partial charge is 0.493 e. The topological polar surface area (TPSA) is 65.1 Å². The van der Waals surface area contributed by atoms with Crippen molar-refractivity contribution in [2.75, 3.05) is 7.11 Å². The number of hydrazine groups is 1. The van der Waals surface area contributed by atoms with Crippen LogP contribution in [0.5, 0.6) is 5.75 Å². The SMILES string of the molecule is COc1cnn(C)c1C(Cc1ccc(Cl)cc1Cl)NN. The Morgan fingerprint density at radius 2 is 2.20 bits per heavy atom. The van der Waals surface area contributed by atoms with Gasteiger partial charge in [-0.15, -0.1) is 0 Å². The Bertz CT molecular complexity index is 600. The molecule has 0 spiro atoms. The van der Waals surface area contributed by atoms with E-state index in [4.69, 9.17) is 33.8 Å². The van der Waals surface area contributed by atoms with E-state index in [1.54, 1.807) is 30.1 Å². The molecule has 0 radical (unpaired) electrons. The van der Waals surface area contributed by atoms with Crippen LogP contribution in [-0.2, 0) is 13.5 Å². The van der Waals surface area contributed by atoms with Gasteiger partial charge < -0.3 is 4.74 Å². The lowest BCUT2D eigenvalue weighted by molar-refractivity contribution is 0.394. The smallest absolute Gasteiger partial charge is 0.161 e. The average Bonchev–Trinajstić information content (AvgIpc) is 2.79. The van der Waals surface area contributed by atoms with E-state index in [1.807, 2.05) is 13.1 Å². The summed E-state index contributed by atoms with van der Waals surface area (Å²) in [5.74, 6) is 6.35. The third-order valence-corrected chi connectivity index (χ3v) is 3.73. The molecule has 108 valence electrons. The van der Waals surface area contributed by atoms with E-state index in [9.17, 15) is 0 Å². The number of rotatable bonds is 5. The molecule has 0 fully saturated rings. The maximum atomic E-state index is 6.20. The van der Waals surface area contributed by atoms with Crippen molar-refractivity contribution in [3.8, 4) is 5.75 Å². The molecule has 0 saturated carbocycles. The van der Waals surface area contributed by atoms with Crippen LogP contribution in [0.15, 0.2) is 24.4 Å². The van der Waals surface area contributed by atoms with Crippen LogP contribution in [0.1, 0.15) is 17.3 Å². The van der Waals surface area contributed by atoms with Crippen LogP contribution >= 0.6 is 23.2 Å². The second-order valence-electron chi connectivity index (χ2n) is 4.38. The van der Waals surface area contributed by atoms with Crippen LogP contribution < -0.4 is 16.0 Å². The second kappa shape index (κ2) is 6.45. The predicted molar refractivity (Wildman–Crippen MR) is 80.0 cm³/mol. The minimum absolute atomic E-state index is 0.170. The van der Waals surface area contributed by atoms with E-state index in [1.165, 1.54) is 0 Å². The fraction of sp³-hybridized carbons (Fsp3) is 0.308. The number of halogens is 2. The summed E-state index contributed by atoms with van der Waals surface area (Å²) in [6.45, 7) is 0. The molecule has 1 atom stereocenters. The summed E-state index contributed by atoms with van der Waals surface area (Å²) in [7, 11) is 3.44. The lowest BCUT2D eigenvalue weighted by Crippen LogP contribution is -2.31. The number of aryl methyl sites for hydroxylation is 1.